The Hall–Kier alpha value is -2.53. The largest absolute Gasteiger partial charge is 0.485 e. The van der Waals surface area contributed by atoms with Crippen LogP contribution in [0.4, 0.5) is 8.78 Å². The lowest BCUT2D eigenvalue weighted by atomic mass is 10.1. The number of sulfone groups is 1. The van der Waals surface area contributed by atoms with Gasteiger partial charge in [-0.25, -0.2) is 22.0 Å². The van der Waals surface area contributed by atoms with E-state index in [0.717, 1.165) is 4.57 Å². The van der Waals surface area contributed by atoms with Gasteiger partial charge in [-0.1, -0.05) is 12.1 Å². The van der Waals surface area contributed by atoms with E-state index in [1.54, 1.807) is 24.3 Å². The lowest BCUT2D eigenvalue weighted by Gasteiger charge is -2.13. The molecule has 1 aromatic carbocycles. The van der Waals surface area contributed by atoms with Crippen LogP contribution in [-0.4, -0.2) is 55.5 Å². The maximum Gasteiger partial charge on any atom is 0.330 e. The van der Waals surface area contributed by atoms with Gasteiger partial charge in [0.1, 0.15) is 25.8 Å². The number of aromatic nitrogens is 2. The van der Waals surface area contributed by atoms with Crippen molar-refractivity contribution in [2.45, 2.75) is 25.7 Å². The van der Waals surface area contributed by atoms with Crippen LogP contribution in [0.3, 0.4) is 0 Å². The second-order valence-electron chi connectivity index (χ2n) is 6.57. The van der Waals surface area contributed by atoms with Gasteiger partial charge in [-0.05, 0) is 30.5 Å². The number of nitrogens with zero attached hydrogens (tertiary/aromatic N) is 1. The van der Waals surface area contributed by atoms with Crippen LogP contribution < -0.4 is 16.0 Å². The molecule has 2 rings (SSSR count). The molecule has 166 valence electrons. The van der Waals surface area contributed by atoms with Gasteiger partial charge in [0.2, 0.25) is 0 Å². The van der Waals surface area contributed by atoms with Crippen molar-refractivity contribution in [3.63, 3.8) is 0 Å². The summed E-state index contributed by atoms with van der Waals surface area (Å²) in [5.41, 5.74) is -0.434. The van der Waals surface area contributed by atoms with Gasteiger partial charge in [0.05, 0.1) is 11.5 Å². The lowest BCUT2D eigenvalue weighted by Crippen LogP contribution is -2.29. The molecule has 1 N–H and O–H groups in total. The Morgan fingerprint density at radius 2 is 1.87 bits per heavy atom. The SMILES string of the molecule is O=c1ccn(COCCCS(=O)(=O)CCc2cccc(OC(CF)CF)c2)c(=O)[nH]1. The summed E-state index contributed by atoms with van der Waals surface area (Å²) in [6.07, 6.45) is 0.608. The zero-order valence-corrected chi connectivity index (χ0v) is 17.1. The summed E-state index contributed by atoms with van der Waals surface area (Å²) in [6, 6.07) is 7.66. The normalized spacial score (nSPS) is 11.7. The van der Waals surface area contributed by atoms with Crippen LogP contribution in [0.15, 0.2) is 46.1 Å². The first-order valence-corrected chi connectivity index (χ1v) is 11.1. The van der Waals surface area contributed by atoms with Crippen molar-refractivity contribution in [1.29, 1.82) is 0 Å². The molecule has 0 unspecified atom stereocenters. The van der Waals surface area contributed by atoms with Gasteiger partial charge in [-0.2, -0.15) is 0 Å². The monoisotopic (exact) mass is 446 g/mol. The van der Waals surface area contributed by atoms with Crippen molar-refractivity contribution in [3.8, 4) is 5.75 Å². The van der Waals surface area contributed by atoms with Gasteiger partial charge in [0.15, 0.2) is 15.9 Å². The van der Waals surface area contributed by atoms with Crippen LogP contribution >= 0.6 is 0 Å². The molecule has 0 aliphatic carbocycles. The van der Waals surface area contributed by atoms with E-state index in [1.807, 2.05) is 0 Å². The minimum Gasteiger partial charge on any atom is -0.485 e. The molecular formula is C19H24F2N2O6S. The molecule has 30 heavy (non-hydrogen) atoms. The van der Waals surface area contributed by atoms with E-state index in [0.29, 0.717) is 5.56 Å². The zero-order chi connectivity index (χ0) is 22.0. The number of benzene rings is 1. The van der Waals surface area contributed by atoms with E-state index in [9.17, 15) is 26.8 Å². The Morgan fingerprint density at radius 1 is 1.10 bits per heavy atom. The molecule has 1 aromatic heterocycles. The van der Waals surface area contributed by atoms with Crippen LogP contribution in [0.25, 0.3) is 0 Å². The minimum absolute atomic E-state index is 0.0878. The fraction of sp³-hybridized carbons (Fsp3) is 0.474. The van der Waals surface area contributed by atoms with Crippen LogP contribution in [0, 0.1) is 0 Å². The topological polar surface area (TPSA) is 107 Å². The first kappa shape index (κ1) is 23.7. The average Bonchev–Trinajstić information content (AvgIpc) is 2.72. The summed E-state index contributed by atoms with van der Waals surface area (Å²) in [7, 11) is -3.34. The van der Waals surface area contributed by atoms with Crippen molar-refractivity contribution in [2.75, 3.05) is 31.5 Å². The highest BCUT2D eigenvalue weighted by atomic mass is 32.2. The Bertz CT molecular complexity index is 1020. The van der Waals surface area contributed by atoms with Gasteiger partial charge in [0, 0.05) is 18.9 Å². The molecule has 0 spiro atoms. The molecule has 8 nitrogen and oxygen atoms in total. The fourth-order valence-electron chi connectivity index (χ4n) is 2.54. The van der Waals surface area contributed by atoms with E-state index < -0.39 is 40.5 Å². The number of aromatic amines is 1. The van der Waals surface area contributed by atoms with Gasteiger partial charge >= 0.3 is 5.69 Å². The summed E-state index contributed by atoms with van der Waals surface area (Å²) >= 11 is 0. The van der Waals surface area contributed by atoms with Gasteiger partial charge < -0.3 is 9.47 Å². The molecule has 11 heteroatoms. The predicted octanol–water partition coefficient (Wildman–Crippen LogP) is 1.24. The van der Waals surface area contributed by atoms with Gasteiger partial charge in [0.25, 0.3) is 5.56 Å². The smallest absolute Gasteiger partial charge is 0.330 e. The summed E-state index contributed by atoms with van der Waals surface area (Å²) in [5, 5.41) is 0. The number of hydrogen-bond acceptors (Lipinski definition) is 6. The third kappa shape index (κ3) is 8.07. The molecule has 0 atom stereocenters. The quantitative estimate of drug-likeness (QED) is 0.464. The summed E-state index contributed by atoms with van der Waals surface area (Å²) in [4.78, 5) is 24.5. The summed E-state index contributed by atoms with van der Waals surface area (Å²) in [6.45, 7) is -1.87. The number of ether oxygens (including phenoxy) is 2. The van der Waals surface area contributed by atoms with Crippen LogP contribution in [0.2, 0.25) is 0 Å². The zero-order valence-electron chi connectivity index (χ0n) is 16.3. The second-order valence-corrected chi connectivity index (χ2v) is 8.87. The standard InChI is InChI=1S/C19H24F2N2O6S/c20-12-17(13-21)29-16-4-1-3-15(11-16)6-10-30(26,27)9-2-8-28-14-23-7-5-18(24)22-19(23)25/h1,3-5,7,11,17H,2,6,8-10,12-14H2,(H,22,24,25). The lowest BCUT2D eigenvalue weighted by molar-refractivity contribution is 0.0745. The molecule has 2 aromatic rings. The highest BCUT2D eigenvalue weighted by molar-refractivity contribution is 7.91. The molecule has 0 radical (unpaired) electrons. The van der Waals surface area contributed by atoms with Crippen molar-refractivity contribution in [3.05, 3.63) is 62.9 Å². The number of hydrogen-bond donors (Lipinski definition) is 1. The van der Waals surface area contributed by atoms with E-state index in [2.05, 4.69) is 4.98 Å². The Morgan fingerprint density at radius 3 is 2.57 bits per heavy atom. The number of H-pyrrole nitrogens is 1. The van der Waals surface area contributed by atoms with Crippen molar-refractivity contribution < 1.29 is 26.7 Å². The van der Waals surface area contributed by atoms with E-state index in [1.165, 1.54) is 12.3 Å². The van der Waals surface area contributed by atoms with E-state index >= 15 is 0 Å². The predicted molar refractivity (Wildman–Crippen MR) is 107 cm³/mol. The van der Waals surface area contributed by atoms with E-state index in [-0.39, 0.29) is 43.4 Å². The molecule has 0 amide bonds. The Kier molecular flexibility index (Phi) is 9.18. The highest BCUT2D eigenvalue weighted by Gasteiger charge is 2.13. The molecule has 0 saturated carbocycles. The number of halogens is 2. The minimum atomic E-state index is -3.34. The van der Waals surface area contributed by atoms with Crippen LogP contribution in [0.5, 0.6) is 5.75 Å². The third-order valence-electron chi connectivity index (χ3n) is 4.12. The van der Waals surface area contributed by atoms with Gasteiger partial charge in [-0.3, -0.25) is 14.3 Å². The number of nitrogens with one attached hydrogen (secondary N) is 1. The molecule has 0 bridgehead atoms. The molecule has 0 saturated heterocycles. The molecule has 0 fully saturated rings. The average molecular weight is 446 g/mol. The van der Waals surface area contributed by atoms with Crippen LogP contribution in [-0.2, 0) is 27.7 Å². The number of alkyl halides is 2. The first-order chi connectivity index (χ1) is 14.3. The molecule has 1 heterocycles. The third-order valence-corrected chi connectivity index (χ3v) is 5.86. The first-order valence-electron chi connectivity index (χ1n) is 9.28. The fourth-order valence-corrected chi connectivity index (χ4v) is 3.84. The highest BCUT2D eigenvalue weighted by Crippen LogP contribution is 2.16. The summed E-state index contributed by atoms with van der Waals surface area (Å²) < 4.78 is 61.1. The molecule has 0 aliphatic rings. The number of rotatable bonds is 13. The molecular weight excluding hydrogens is 422 g/mol. The second kappa shape index (κ2) is 11.6. The van der Waals surface area contributed by atoms with Crippen molar-refractivity contribution >= 4 is 9.84 Å². The van der Waals surface area contributed by atoms with E-state index in [4.69, 9.17) is 9.47 Å². The van der Waals surface area contributed by atoms with Crippen molar-refractivity contribution in [1.82, 2.24) is 9.55 Å². The Labute approximate surface area is 172 Å². The van der Waals surface area contributed by atoms with Crippen molar-refractivity contribution in [2.24, 2.45) is 0 Å². The maximum absolute atomic E-state index is 12.6. The summed E-state index contributed by atoms with van der Waals surface area (Å²) in [5.74, 6) is 0.108. The number of aryl methyl sites for hydroxylation is 1. The molecule has 0 aliphatic heterocycles. The maximum atomic E-state index is 12.6. The Balaban J connectivity index is 1.75. The van der Waals surface area contributed by atoms with Crippen LogP contribution in [0.1, 0.15) is 12.0 Å². The van der Waals surface area contributed by atoms with Gasteiger partial charge in [-0.15, -0.1) is 0 Å².